The smallest absolute Gasteiger partial charge is 0.261 e. The number of aromatic nitrogens is 5. The van der Waals surface area contributed by atoms with Crippen molar-refractivity contribution in [3.05, 3.63) is 70.0 Å². The molecule has 3 heterocycles. The van der Waals surface area contributed by atoms with Crippen molar-refractivity contribution in [3.63, 3.8) is 0 Å². The monoisotopic (exact) mass is 373 g/mol. The van der Waals surface area contributed by atoms with Crippen molar-refractivity contribution in [2.75, 3.05) is 0 Å². The molecule has 0 unspecified atom stereocenters. The normalized spacial score (nSPS) is 15.5. The molecule has 142 valence electrons. The Morgan fingerprint density at radius 2 is 1.86 bits per heavy atom. The first kappa shape index (κ1) is 17.1. The molecule has 0 amide bonds. The van der Waals surface area contributed by atoms with Crippen molar-refractivity contribution < 1.29 is 0 Å². The van der Waals surface area contributed by atoms with Gasteiger partial charge in [-0.1, -0.05) is 49.1 Å². The highest BCUT2D eigenvalue weighted by molar-refractivity contribution is 5.78. The summed E-state index contributed by atoms with van der Waals surface area (Å²) in [6, 6.07) is 10.2. The number of pyridine rings is 1. The van der Waals surface area contributed by atoms with Gasteiger partial charge in [0.1, 0.15) is 0 Å². The van der Waals surface area contributed by atoms with E-state index in [0.717, 1.165) is 29.7 Å². The fraction of sp³-hybridized carbons (Fsp3) is 0.364. The largest absolute Gasteiger partial charge is 0.310 e. The van der Waals surface area contributed by atoms with Crippen molar-refractivity contribution >= 4 is 16.7 Å². The summed E-state index contributed by atoms with van der Waals surface area (Å²) in [5.74, 6) is 1.85. The summed E-state index contributed by atoms with van der Waals surface area (Å²) in [7, 11) is 0. The lowest BCUT2D eigenvalue weighted by molar-refractivity contribution is 0.429. The van der Waals surface area contributed by atoms with Gasteiger partial charge in [-0.2, -0.15) is 9.50 Å². The molecule has 0 bridgehead atoms. The highest BCUT2D eigenvalue weighted by Gasteiger charge is 2.21. The van der Waals surface area contributed by atoms with Crippen LogP contribution in [0, 0.1) is 6.92 Å². The molecule has 0 aliphatic heterocycles. The standard InChI is InChI=1S/C22H23N5O/c1-15-7-9-16(10-8-15)14-26-12-11-19-18(21(26)28)13-23-22-24-20(25-27(19)22)17-5-3-2-4-6-17/h7-13,17H,2-6,14H2,1H3. The zero-order valence-electron chi connectivity index (χ0n) is 16.0. The van der Waals surface area contributed by atoms with Crippen LogP contribution in [0.1, 0.15) is 55.0 Å². The molecule has 1 fully saturated rings. The second-order valence-corrected chi connectivity index (χ2v) is 7.81. The molecule has 0 saturated heterocycles. The van der Waals surface area contributed by atoms with E-state index >= 15 is 0 Å². The van der Waals surface area contributed by atoms with Crippen LogP contribution in [-0.4, -0.2) is 24.1 Å². The number of rotatable bonds is 3. The molecular formula is C22H23N5O. The molecule has 1 aliphatic rings. The van der Waals surface area contributed by atoms with Gasteiger partial charge in [0, 0.05) is 18.3 Å². The van der Waals surface area contributed by atoms with Gasteiger partial charge in [-0.05, 0) is 31.4 Å². The van der Waals surface area contributed by atoms with Crippen LogP contribution in [-0.2, 0) is 6.54 Å². The van der Waals surface area contributed by atoms with Crippen LogP contribution in [0.5, 0.6) is 0 Å². The highest BCUT2D eigenvalue weighted by atomic mass is 16.1. The first-order chi connectivity index (χ1) is 13.7. The van der Waals surface area contributed by atoms with E-state index in [2.05, 4.69) is 41.2 Å². The van der Waals surface area contributed by atoms with E-state index in [1.807, 2.05) is 12.3 Å². The minimum atomic E-state index is -0.0535. The summed E-state index contributed by atoms with van der Waals surface area (Å²) < 4.78 is 3.45. The molecule has 6 heteroatoms. The van der Waals surface area contributed by atoms with Crippen LogP contribution in [0.3, 0.4) is 0 Å². The maximum atomic E-state index is 13.0. The number of benzene rings is 1. The average molecular weight is 373 g/mol. The van der Waals surface area contributed by atoms with Gasteiger partial charge in [0.05, 0.1) is 17.4 Å². The van der Waals surface area contributed by atoms with E-state index in [4.69, 9.17) is 5.10 Å². The fourth-order valence-electron chi connectivity index (χ4n) is 4.12. The molecule has 28 heavy (non-hydrogen) atoms. The molecule has 4 aromatic rings. The predicted octanol–water partition coefficient (Wildman–Crippen LogP) is 3.84. The lowest BCUT2D eigenvalue weighted by Gasteiger charge is -2.17. The number of hydrogen-bond donors (Lipinski definition) is 0. The number of nitrogens with zero attached hydrogens (tertiary/aromatic N) is 5. The van der Waals surface area contributed by atoms with E-state index in [1.165, 1.54) is 24.8 Å². The van der Waals surface area contributed by atoms with Crippen molar-refractivity contribution in [2.24, 2.45) is 0 Å². The zero-order chi connectivity index (χ0) is 19.1. The SMILES string of the molecule is Cc1ccc(Cn2ccc3c(cnc4nc(C5CCCCC5)nn43)c2=O)cc1. The molecule has 0 atom stereocenters. The fourth-order valence-corrected chi connectivity index (χ4v) is 4.12. The second kappa shape index (κ2) is 6.86. The van der Waals surface area contributed by atoms with Gasteiger partial charge in [0.25, 0.3) is 11.3 Å². The summed E-state index contributed by atoms with van der Waals surface area (Å²) in [6.07, 6.45) is 9.52. The lowest BCUT2D eigenvalue weighted by atomic mass is 9.89. The Hall–Kier alpha value is -3.02. The zero-order valence-corrected chi connectivity index (χ0v) is 16.0. The summed E-state index contributed by atoms with van der Waals surface area (Å²) in [4.78, 5) is 22.1. The number of aryl methyl sites for hydroxylation is 1. The van der Waals surface area contributed by atoms with Crippen LogP contribution in [0.2, 0.25) is 0 Å². The van der Waals surface area contributed by atoms with Crippen molar-refractivity contribution in [1.82, 2.24) is 24.1 Å². The molecule has 1 saturated carbocycles. The third kappa shape index (κ3) is 2.99. The summed E-state index contributed by atoms with van der Waals surface area (Å²) >= 11 is 0. The van der Waals surface area contributed by atoms with Gasteiger partial charge in [0.15, 0.2) is 5.82 Å². The summed E-state index contributed by atoms with van der Waals surface area (Å²) in [5.41, 5.74) is 3.02. The maximum Gasteiger partial charge on any atom is 0.261 e. The average Bonchev–Trinajstić information content (AvgIpc) is 3.17. The topological polar surface area (TPSA) is 65.1 Å². The van der Waals surface area contributed by atoms with Crippen molar-refractivity contribution in [1.29, 1.82) is 0 Å². The maximum absolute atomic E-state index is 13.0. The molecular weight excluding hydrogens is 350 g/mol. The van der Waals surface area contributed by atoms with Crippen LogP contribution in [0.15, 0.2) is 47.5 Å². The quantitative estimate of drug-likeness (QED) is 0.547. The van der Waals surface area contributed by atoms with E-state index in [-0.39, 0.29) is 5.56 Å². The Bertz CT molecular complexity index is 1200. The molecule has 0 N–H and O–H groups in total. The van der Waals surface area contributed by atoms with Crippen LogP contribution >= 0.6 is 0 Å². The Kier molecular flexibility index (Phi) is 4.19. The van der Waals surface area contributed by atoms with Crippen molar-refractivity contribution in [3.8, 4) is 0 Å². The van der Waals surface area contributed by atoms with Gasteiger partial charge in [-0.25, -0.2) is 4.98 Å². The van der Waals surface area contributed by atoms with Crippen LogP contribution in [0.25, 0.3) is 16.7 Å². The van der Waals surface area contributed by atoms with Crippen LogP contribution in [0.4, 0.5) is 0 Å². The first-order valence-corrected chi connectivity index (χ1v) is 9.99. The Morgan fingerprint density at radius 3 is 2.64 bits per heavy atom. The van der Waals surface area contributed by atoms with E-state index < -0.39 is 0 Å². The van der Waals surface area contributed by atoms with E-state index in [9.17, 15) is 4.79 Å². The van der Waals surface area contributed by atoms with Gasteiger partial charge in [-0.15, -0.1) is 5.10 Å². The summed E-state index contributed by atoms with van der Waals surface area (Å²) in [5, 5.41) is 5.30. The Balaban J connectivity index is 1.56. The highest BCUT2D eigenvalue weighted by Crippen LogP contribution is 2.31. The number of hydrogen-bond acceptors (Lipinski definition) is 4. The van der Waals surface area contributed by atoms with Gasteiger partial charge in [-0.3, -0.25) is 4.79 Å². The van der Waals surface area contributed by atoms with E-state index in [0.29, 0.717) is 23.6 Å². The third-order valence-corrected chi connectivity index (χ3v) is 5.77. The molecule has 3 aromatic heterocycles. The van der Waals surface area contributed by atoms with Gasteiger partial charge >= 0.3 is 0 Å². The van der Waals surface area contributed by atoms with Gasteiger partial charge in [0.2, 0.25) is 0 Å². The number of fused-ring (bicyclic) bond motifs is 3. The molecule has 0 spiro atoms. The van der Waals surface area contributed by atoms with E-state index in [1.54, 1.807) is 15.3 Å². The van der Waals surface area contributed by atoms with Gasteiger partial charge < -0.3 is 4.57 Å². The molecule has 6 nitrogen and oxygen atoms in total. The Morgan fingerprint density at radius 1 is 1.07 bits per heavy atom. The second-order valence-electron chi connectivity index (χ2n) is 7.81. The molecule has 1 aliphatic carbocycles. The molecule has 1 aromatic carbocycles. The van der Waals surface area contributed by atoms with Crippen LogP contribution < -0.4 is 5.56 Å². The molecule has 5 rings (SSSR count). The summed E-state index contributed by atoms with van der Waals surface area (Å²) in [6.45, 7) is 2.60. The first-order valence-electron chi connectivity index (χ1n) is 9.99. The minimum absolute atomic E-state index is 0.0535. The predicted molar refractivity (Wildman–Crippen MR) is 109 cm³/mol. The lowest BCUT2D eigenvalue weighted by Crippen LogP contribution is -2.21. The van der Waals surface area contributed by atoms with Crippen molar-refractivity contribution in [2.45, 2.75) is 51.5 Å². The molecule has 0 radical (unpaired) electrons. The third-order valence-electron chi connectivity index (χ3n) is 5.77. The Labute approximate surface area is 162 Å². The minimum Gasteiger partial charge on any atom is -0.310 e.